The topological polar surface area (TPSA) is 186 Å². The van der Waals surface area contributed by atoms with Crippen LogP contribution in [0.1, 0.15) is 101 Å². The van der Waals surface area contributed by atoms with Gasteiger partial charge in [-0.3, -0.25) is 28.9 Å². The third-order valence-corrected chi connectivity index (χ3v) is 8.56. The minimum atomic E-state index is -1.20. The van der Waals surface area contributed by atoms with Crippen LogP contribution in [0.3, 0.4) is 0 Å². The summed E-state index contributed by atoms with van der Waals surface area (Å²) in [5.41, 5.74) is 1.55. The van der Waals surface area contributed by atoms with Gasteiger partial charge in [-0.05, 0) is 56.9 Å². The molecular weight excluding hydrogens is 700 g/mol. The molecule has 3 rings (SSSR count). The highest BCUT2D eigenvalue weighted by Gasteiger charge is 2.34. The van der Waals surface area contributed by atoms with Gasteiger partial charge in [0.15, 0.2) is 6.10 Å². The van der Waals surface area contributed by atoms with Crippen molar-refractivity contribution in [3.05, 3.63) is 52.5 Å². The minimum absolute atomic E-state index is 0.00614. The number of esters is 1. The molecule has 2 amide bonds. The molecule has 1 aromatic carbocycles. The number of ketones is 2. The van der Waals surface area contributed by atoms with E-state index in [0.717, 1.165) is 38.5 Å². The van der Waals surface area contributed by atoms with Crippen molar-refractivity contribution in [3.63, 3.8) is 0 Å². The van der Waals surface area contributed by atoms with Crippen molar-refractivity contribution in [2.45, 2.75) is 97.0 Å². The number of likely N-dealkylation sites (N-methyl/N-ethyl adjacent to an activating group) is 1. The SMILES string of the molecule is CC(=O)O[C@H](CC(=O)[O-])C[N+](C)(C)C.COC1=C(OC)C(=O)C(CCCCCCCCCCO)=C(C)C1=O.COc1ccc(C(=O)N2CCCC2=O)cc1. The average Bonchev–Trinajstić information content (AvgIpc) is 3.54. The van der Waals surface area contributed by atoms with Gasteiger partial charge >= 0.3 is 5.97 Å². The summed E-state index contributed by atoms with van der Waals surface area (Å²) in [5.74, 6) is -1.73. The van der Waals surface area contributed by atoms with Gasteiger partial charge in [-0.2, -0.15) is 0 Å². The molecule has 0 aromatic heterocycles. The number of carboxylic acids is 1. The standard InChI is InChI=1S/C19H30O5.C12H13NO3.C9H17NO4/c1-14-15(12-10-8-6-4-5-7-9-11-13-20)17(22)19(24-3)18(23-2)16(14)21;1-16-10-6-4-9(5-7-10)12(15)13-8-2-3-11(13)14;1-7(11)14-8(5-9(12)13)6-10(2,3)4/h20H,4-13H2,1-3H3;4-7H,2-3,8H2,1H3;8H,5-6H2,1-4H3/t;;8-/m..1/s1. The second-order valence-electron chi connectivity index (χ2n) is 14.1. The quantitative estimate of drug-likeness (QED) is 0.0710. The second-order valence-corrected chi connectivity index (χ2v) is 14.1. The van der Waals surface area contributed by atoms with Crippen LogP contribution in [0.5, 0.6) is 5.75 Å². The molecule has 1 atom stereocenters. The number of methoxy groups -OCH3 is 3. The number of nitrogens with zero attached hydrogens (tertiary/aromatic N) is 2. The van der Waals surface area contributed by atoms with Gasteiger partial charge < -0.3 is 38.4 Å². The maximum absolute atomic E-state index is 12.5. The number of unbranched alkanes of at least 4 members (excludes halogenated alkanes) is 7. The number of Topliss-reactive ketones (excluding diaryl/α,β-unsaturated/α-hetero) is 2. The fourth-order valence-electron chi connectivity index (χ4n) is 5.89. The summed E-state index contributed by atoms with van der Waals surface area (Å²) in [7, 11) is 10.0. The van der Waals surface area contributed by atoms with Crippen LogP contribution in [0, 0.1) is 0 Å². The highest BCUT2D eigenvalue weighted by atomic mass is 16.5. The minimum Gasteiger partial charge on any atom is -0.550 e. The largest absolute Gasteiger partial charge is 0.550 e. The first-order valence-corrected chi connectivity index (χ1v) is 18.4. The van der Waals surface area contributed by atoms with Crippen LogP contribution >= 0.6 is 0 Å². The van der Waals surface area contributed by atoms with Crippen LogP contribution < -0.4 is 9.84 Å². The smallest absolute Gasteiger partial charge is 0.303 e. The number of amides is 2. The van der Waals surface area contributed by atoms with Crippen molar-refractivity contribution in [1.82, 2.24) is 4.90 Å². The van der Waals surface area contributed by atoms with Crippen LogP contribution in [0.2, 0.25) is 0 Å². The summed E-state index contributed by atoms with van der Waals surface area (Å²) in [4.78, 5) is 70.4. The molecule has 0 radical (unpaired) electrons. The summed E-state index contributed by atoms with van der Waals surface area (Å²) >= 11 is 0. The Balaban J connectivity index is 0.000000425. The van der Waals surface area contributed by atoms with Crippen LogP contribution in [0.15, 0.2) is 46.9 Å². The number of hydrogen-bond donors (Lipinski definition) is 1. The number of carboxylic acid groups (broad SMARTS) is 1. The molecule has 14 nitrogen and oxygen atoms in total. The lowest BCUT2D eigenvalue weighted by Gasteiger charge is -2.28. The molecular formula is C40H60N2O12. The zero-order valence-corrected chi connectivity index (χ0v) is 33.3. The number of carbonyl (C=O) groups is 6. The zero-order valence-electron chi connectivity index (χ0n) is 33.3. The van der Waals surface area contributed by atoms with E-state index in [-0.39, 0.29) is 47.9 Å². The van der Waals surface area contributed by atoms with E-state index in [4.69, 9.17) is 24.1 Å². The first-order valence-electron chi connectivity index (χ1n) is 18.4. The van der Waals surface area contributed by atoms with E-state index in [1.165, 1.54) is 45.3 Å². The fourth-order valence-corrected chi connectivity index (χ4v) is 5.89. The number of benzene rings is 1. The maximum atomic E-state index is 12.5. The Labute approximate surface area is 319 Å². The number of ether oxygens (including phenoxy) is 4. The van der Waals surface area contributed by atoms with Crippen molar-refractivity contribution >= 4 is 35.3 Å². The number of aliphatic carboxylic acids is 1. The number of hydrogen-bond acceptors (Lipinski definition) is 12. The van der Waals surface area contributed by atoms with E-state index in [0.29, 0.717) is 52.9 Å². The van der Waals surface area contributed by atoms with E-state index in [9.17, 15) is 33.9 Å². The molecule has 2 aliphatic rings. The zero-order chi connectivity index (χ0) is 40.8. The Bertz CT molecular complexity index is 1460. The molecule has 0 bridgehead atoms. The lowest BCUT2D eigenvalue weighted by molar-refractivity contribution is -0.873. The van der Waals surface area contributed by atoms with Crippen LogP contribution in [-0.4, -0.2) is 118 Å². The molecule has 1 N–H and O–H groups in total. The fraction of sp³-hybridized carbons (Fsp3) is 0.600. The van der Waals surface area contributed by atoms with Gasteiger partial charge in [0, 0.05) is 55.6 Å². The van der Waals surface area contributed by atoms with Crippen LogP contribution in [0.4, 0.5) is 0 Å². The van der Waals surface area contributed by atoms with Crippen molar-refractivity contribution < 1.29 is 62.4 Å². The first kappa shape index (κ1) is 47.5. The Morgan fingerprint density at radius 2 is 1.37 bits per heavy atom. The Morgan fingerprint density at radius 3 is 1.81 bits per heavy atom. The number of rotatable bonds is 19. The molecule has 1 aromatic rings. The number of imide groups is 1. The number of aliphatic hydroxyl groups is 1. The van der Waals surface area contributed by atoms with E-state index in [1.807, 2.05) is 21.1 Å². The third-order valence-electron chi connectivity index (χ3n) is 8.56. The van der Waals surface area contributed by atoms with Crippen molar-refractivity contribution in [2.24, 2.45) is 0 Å². The Morgan fingerprint density at radius 1 is 0.833 bits per heavy atom. The van der Waals surface area contributed by atoms with Crippen LogP contribution in [-0.2, 0) is 38.2 Å². The summed E-state index contributed by atoms with van der Waals surface area (Å²) in [6, 6.07) is 6.78. The summed E-state index contributed by atoms with van der Waals surface area (Å²) < 4.78 is 20.5. The van der Waals surface area contributed by atoms with Crippen LogP contribution in [0.25, 0.3) is 0 Å². The highest BCUT2D eigenvalue weighted by molar-refractivity contribution is 6.23. The predicted octanol–water partition coefficient (Wildman–Crippen LogP) is 3.68. The summed E-state index contributed by atoms with van der Waals surface area (Å²) in [6.07, 6.45) is 9.54. The molecule has 0 saturated carbocycles. The van der Waals surface area contributed by atoms with E-state index in [1.54, 1.807) is 38.3 Å². The van der Waals surface area contributed by atoms with Gasteiger partial charge in [-0.15, -0.1) is 0 Å². The van der Waals surface area contributed by atoms with Gasteiger partial charge in [-0.1, -0.05) is 38.5 Å². The monoisotopic (exact) mass is 760 g/mol. The molecule has 1 aliphatic carbocycles. The third kappa shape index (κ3) is 17.1. The van der Waals surface area contributed by atoms with Gasteiger partial charge in [-0.25, -0.2) is 0 Å². The molecule has 14 heteroatoms. The van der Waals surface area contributed by atoms with E-state index in [2.05, 4.69) is 0 Å². The van der Waals surface area contributed by atoms with Crippen molar-refractivity contribution in [1.29, 1.82) is 0 Å². The predicted molar refractivity (Wildman–Crippen MR) is 199 cm³/mol. The Hall–Kier alpha value is -4.56. The molecule has 54 heavy (non-hydrogen) atoms. The van der Waals surface area contributed by atoms with Gasteiger partial charge in [0.2, 0.25) is 29.0 Å². The van der Waals surface area contributed by atoms with Crippen molar-refractivity contribution in [2.75, 3.05) is 62.2 Å². The number of quaternary nitrogens is 1. The lowest BCUT2D eigenvalue weighted by atomic mass is 9.89. The Kier molecular flexibility index (Phi) is 21.7. The van der Waals surface area contributed by atoms with Crippen molar-refractivity contribution in [3.8, 4) is 5.75 Å². The molecule has 0 spiro atoms. The lowest BCUT2D eigenvalue weighted by Crippen LogP contribution is -2.45. The molecule has 1 heterocycles. The highest BCUT2D eigenvalue weighted by Crippen LogP contribution is 2.29. The van der Waals surface area contributed by atoms with Gasteiger partial charge in [0.1, 0.15) is 12.3 Å². The molecule has 1 aliphatic heterocycles. The normalized spacial score (nSPS) is 14.8. The summed E-state index contributed by atoms with van der Waals surface area (Å²) in [5, 5.41) is 19.1. The molecule has 1 saturated heterocycles. The number of carbonyl (C=O) groups excluding carboxylic acids is 6. The molecule has 1 fully saturated rings. The second kappa shape index (κ2) is 24.7. The molecule has 302 valence electrons. The van der Waals surface area contributed by atoms with E-state index >= 15 is 0 Å². The molecule has 0 unspecified atom stereocenters. The average molecular weight is 761 g/mol. The first-order chi connectivity index (χ1) is 25.5. The number of likely N-dealkylation sites (tertiary alicyclic amines) is 1. The number of allylic oxidation sites excluding steroid dienone is 2. The van der Waals surface area contributed by atoms with Gasteiger partial charge in [0.05, 0.1) is 42.5 Å². The summed E-state index contributed by atoms with van der Waals surface area (Å²) in [6.45, 7) is 4.21. The maximum Gasteiger partial charge on any atom is 0.303 e. The van der Waals surface area contributed by atoms with Gasteiger partial charge in [0.25, 0.3) is 5.91 Å². The number of aliphatic hydroxyl groups excluding tert-OH is 1. The van der Waals surface area contributed by atoms with E-state index < -0.39 is 18.0 Å².